The third-order valence-corrected chi connectivity index (χ3v) is 5.09. The Kier molecular flexibility index (Phi) is 7.68. The van der Waals surface area contributed by atoms with Crippen LogP contribution in [0.5, 0.6) is 5.75 Å². The van der Waals surface area contributed by atoms with Crippen molar-refractivity contribution in [2.24, 2.45) is 0 Å². The molecule has 0 aromatic heterocycles. The summed E-state index contributed by atoms with van der Waals surface area (Å²) in [6.07, 6.45) is 0. The lowest BCUT2D eigenvalue weighted by molar-refractivity contribution is -0.123. The zero-order chi connectivity index (χ0) is 24.7. The molecule has 0 spiro atoms. The van der Waals surface area contributed by atoms with Crippen LogP contribution in [0.15, 0.2) is 72.8 Å². The molecular formula is C27H29N3O4. The maximum absolute atomic E-state index is 12.3. The van der Waals surface area contributed by atoms with Gasteiger partial charge in [-0.1, -0.05) is 50.6 Å². The quantitative estimate of drug-likeness (QED) is 0.477. The van der Waals surface area contributed by atoms with Crippen molar-refractivity contribution in [2.75, 3.05) is 11.9 Å². The lowest BCUT2D eigenvalue weighted by Gasteiger charge is -2.19. The molecule has 176 valence electrons. The smallest absolute Gasteiger partial charge is 0.276 e. The van der Waals surface area contributed by atoms with E-state index in [0.717, 1.165) is 11.1 Å². The Hall–Kier alpha value is -4.13. The van der Waals surface area contributed by atoms with Crippen LogP contribution in [0.2, 0.25) is 0 Å². The molecule has 0 saturated carbocycles. The Morgan fingerprint density at radius 1 is 0.794 bits per heavy atom. The van der Waals surface area contributed by atoms with Crippen LogP contribution in [0.4, 0.5) is 5.69 Å². The van der Waals surface area contributed by atoms with Crippen LogP contribution in [-0.2, 0) is 10.2 Å². The van der Waals surface area contributed by atoms with Crippen molar-refractivity contribution in [3.8, 4) is 5.75 Å². The van der Waals surface area contributed by atoms with Crippen LogP contribution in [0.25, 0.3) is 0 Å². The second kappa shape index (κ2) is 10.7. The Morgan fingerprint density at radius 2 is 1.47 bits per heavy atom. The topological polar surface area (TPSA) is 96.5 Å². The summed E-state index contributed by atoms with van der Waals surface area (Å²) in [7, 11) is 0. The fraction of sp³-hybridized carbons (Fsp3) is 0.222. The molecule has 3 aromatic rings. The van der Waals surface area contributed by atoms with Crippen molar-refractivity contribution >= 4 is 23.4 Å². The summed E-state index contributed by atoms with van der Waals surface area (Å²) < 4.78 is 5.47. The minimum absolute atomic E-state index is 0.0327. The first-order chi connectivity index (χ1) is 16.1. The van der Waals surface area contributed by atoms with Gasteiger partial charge in [0.25, 0.3) is 17.7 Å². The summed E-state index contributed by atoms with van der Waals surface area (Å²) >= 11 is 0. The molecule has 0 bridgehead atoms. The highest BCUT2D eigenvalue weighted by Crippen LogP contribution is 2.24. The summed E-state index contributed by atoms with van der Waals surface area (Å²) in [6, 6.07) is 21.2. The van der Waals surface area contributed by atoms with Crippen LogP contribution in [0.1, 0.15) is 52.6 Å². The molecule has 3 amide bonds. The third kappa shape index (κ3) is 6.93. The van der Waals surface area contributed by atoms with E-state index in [-0.39, 0.29) is 17.9 Å². The van der Waals surface area contributed by atoms with Crippen molar-refractivity contribution in [2.45, 2.75) is 33.1 Å². The Balaban J connectivity index is 1.45. The number of carbonyl (C=O) groups is 3. The second-order valence-corrected chi connectivity index (χ2v) is 8.97. The van der Waals surface area contributed by atoms with E-state index in [1.165, 1.54) is 0 Å². The molecule has 3 aromatic carbocycles. The molecule has 0 saturated heterocycles. The van der Waals surface area contributed by atoms with E-state index in [1.807, 2.05) is 43.3 Å². The molecular weight excluding hydrogens is 430 g/mol. The first kappa shape index (κ1) is 24.5. The number of carbonyl (C=O) groups excluding carboxylic acids is 3. The number of anilines is 1. The van der Waals surface area contributed by atoms with Crippen molar-refractivity contribution in [3.63, 3.8) is 0 Å². The van der Waals surface area contributed by atoms with Gasteiger partial charge in [-0.05, 0) is 66.4 Å². The Morgan fingerprint density at radius 3 is 2.09 bits per heavy atom. The summed E-state index contributed by atoms with van der Waals surface area (Å²) in [5, 5.41) is 2.79. The number of benzene rings is 3. The van der Waals surface area contributed by atoms with Gasteiger partial charge in [-0.2, -0.15) is 0 Å². The molecule has 7 heteroatoms. The minimum atomic E-state index is -0.490. The van der Waals surface area contributed by atoms with Gasteiger partial charge in [-0.25, -0.2) is 0 Å². The van der Waals surface area contributed by atoms with Gasteiger partial charge < -0.3 is 10.1 Å². The Labute approximate surface area is 199 Å². The SMILES string of the molecule is Cc1cccc(C(=O)Nc2ccc(C(=O)NNC(=O)COc3ccc(C(C)(C)C)cc3)cc2)c1. The fourth-order valence-electron chi connectivity index (χ4n) is 3.13. The van der Waals surface area contributed by atoms with Crippen molar-refractivity contribution < 1.29 is 19.1 Å². The largest absolute Gasteiger partial charge is 0.484 e. The Bertz CT molecular complexity index is 1160. The molecule has 0 aliphatic carbocycles. The van der Waals surface area contributed by atoms with Crippen LogP contribution in [0.3, 0.4) is 0 Å². The molecule has 3 rings (SSSR count). The van der Waals surface area contributed by atoms with E-state index in [1.54, 1.807) is 36.4 Å². The zero-order valence-corrected chi connectivity index (χ0v) is 19.8. The van der Waals surface area contributed by atoms with Crippen molar-refractivity contribution in [1.82, 2.24) is 10.9 Å². The standard InChI is InChI=1S/C27H29N3O4/c1-18-6-5-7-20(16-18)25(32)28-22-12-8-19(9-13-22)26(33)30-29-24(31)17-34-23-14-10-21(11-15-23)27(2,3)4/h5-16H,17H2,1-4H3,(H,28,32)(H,29,31)(H,30,33). The molecule has 0 atom stereocenters. The zero-order valence-electron chi connectivity index (χ0n) is 19.8. The van der Waals surface area contributed by atoms with Crippen molar-refractivity contribution in [3.05, 3.63) is 95.1 Å². The predicted molar refractivity (Wildman–Crippen MR) is 132 cm³/mol. The first-order valence-corrected chi connectivity index (χ1v) is 10.9. The summed E-state index contributed by atoms with van der Waals surface area (Å²) in [5.41, 5.74) is 8.30. The number of ether oxygens (including phenoxy) is 1. The van der Waals surface area contributed by atoms with Gasteiger partial charge in [0.15, 0.2) is 6.61 Å². The van der Waals surface area contributed by atoms with Crippen LogP contribution < -0.4 is 20.9 Å². The number of hydrogen-bond donors (Lipinski definition) is 3. The second-order valence-electron chi connectivity index (χ2n) is 8.97. The van der Waals surface area contributed by atoms with Crippen molar-refractivity contribution in [1.29, 1.82) is 0 Å². The van der Waals surface area contributed by atoms with Gasteiger partial charge in [-0.3, -0.25) is 25.2 Å². The first-order valence-electron chi connectivity index (χ1n) is 10.9. The molecule has 0 unspecified atom stereocenters. The highest BCUT2D eigenvalue weighted by molar-refractivity contribution is 6.04. The number of amides is 3. The van der Waals surface area contributed by atoms with E-state index >= 15 is 0 Å². The number of hydrogen-bond acceptors (Lipinski definition) is 4. The fourth-order valence-corrected chi connectivity index (χ4v) is 3.13. The number of rotatable bonds is 6. The molecule has 0 radical (unpaired) electrons. The van der Waals surface area contributed by atoms with Gasteiger partial charge in [-0.15, -0.1) is 0 Å². The molecule has 0 aliphatic heterocycles. The predicted octanol–water partition coefficient (Wildman–Crippen LogP) is 4.38. The molecule has 0 fully saturated rings. The number of aryl methyl sites for hydroxylation is 1. The summed E-state index contributed by atoms with van der Waals surface area (Å²) in [6.45, 7) is 8.04. The maximum Gasteiger partial charge on any atom is 0.276 e. The van der Waals surface area contributed by atoms with E-state index in [4.69, 9.17) is 4.74 Å². The van der Waals surface area contributed by atoms with Gasteiger partial charge in [0, 0.05) is 16.8 Å². The van der Waals surface area contributed by atoms with E-state index in [2.05, 4.69) is 36.9 Å². The monoisotopic (exact) mass is 459 g/mol. The van der Waals surface area contributed by atoms with Crippen LogP contribution in [-0.4, -0.2) is 24.3 Å². The highest BCUT2D eigenvalue weighted by atomic mass is 16.5. The summed E-state index contributed by atoms with van der Waals surface area (Å²) in [5.74, 6) is -0.645. The maximum atomic E-state index is 12.3. The van der Waals surface area contributed by atoms with Crippen LogP contribution >= 0.6 is 0 Å². The van der Waals surface area contributed by atoms with Gasteiger partial charge in [0.1, 0.15) is 5.75 Å². The molecule has 0 heterocycles. The molecule has 3 N–H and O–H groups in total. The molecule has 7 nitrogen and oxygen atoms in total. The average molecular weight is 460 g/mol. The highest BCUT2D eigenvalue weighted by Gasteiger charge is 2.14. The van der Waals surface area contributed by atoms with Crippen LogP contribution in [0, 0.1) is 6.92 Å². The van der Waals surface area contributed by atoms with E-state index in [9.17, 15) is 14.4 Å². The minimum Gasteiger partial charge on any atom is -0.484 e. The lowest BCUT2D eigenvalue weighted by Crippen LogP contribution is -2.43. The molecule has 0 aliphatic rings. The van der Waals surface area contributed by atoms with Gasteiger partial charge in [0.05, 0.1) is 0 Å². The molecule has 34 heavy (non-hydrogen) atoms. The average Bonchev–Trinajstić information content (AvgIpc) is 2.81. The summed E-state index contributed by atoms with van der Waals surface area (Å²) in [4.78, 5) is 36.6. The van der Waals surface area contributed by atoms with E-state index in [0.29, 0.717) is 22.6 Å². The normalized spacial score (nSPS) is 10.8. The number of hydrazine groups is 1. The van der Waals surface area contributed by atoms with E-state index < -0.39 is 11.8 Å². The van der Waals surface area contributed by atoms with Gasteiger partial charge >= 0.3 is 0 Å². The van der Waals surface area contributed by atoms with Gasteiger partial charge in [0.2, 0.25) is 0 Å². The third-order valence-electron chi connectivity index (χ3n) is 5.09. The number of nitrogens with one attached hydrogen (secondary N) is 3. The lowest BCUT2D eigenvalue weighted by atomic mass is 9.87.